The van der Waals surface area contributed by atoms with Gasteiger partial charge < -0.3 is 10.6 Å². The van der Waals surface area contributed by atoms with E-state index in [1.165, 1.54) is 12.8 Å². The third-order valence-corrected chi connectivity index (χ3v) is 4.60. The monoisotopic (exact) mass is 262 g/mol. The van der Waals surface area contributed by atoms with Gasteiger partial charge in [-0.05, 0) is 19.8 Å². The van der Waals surface area contributed by atoms with Crippen molar-refractivity contribution in [3.63, 3.8) is 0 Å². The van der Waals surface area contributed by atoms with Crippen LogP contribution in [0.4, 0.5) is 11.5 Å². The summed E-state index contributed by atoms with van der Waals surface area (Å²) in [5, 5.41) is 10.9. The van der Waals surface area contributed by atoms with Crippen LogP contribution in [0, 0.1) is 12.3 Å². The van der Waals surface area contributed by atoms with Gasteiger partial charge in [-0.1, -0.05) is 25.7 Å². The molecule has 0 aromatic carbocycles. The van der Waals surface area contributed by atoms with Crippen molar-refractivity contribution in [3.8, 4) is 0 Å². The third-order valence-electron chi connectivity index (χ3n) is 4.60. The number of amides is 1. The van der Waals surface area contributed by atoms with Crippen LogP contribution in [-0.2, 0) is 11.8 Å². The highest BCUT2D eigenvalue weighted by molar-refractivity contribution is 6.00. The molecule has 1 aliphatic heterocycles. The number of aromatic nitrogens is 2. The van der Waals surface area contributed by atoms with Gasteiger partial charge in [-0.2, -0.15) is 5.10 Å². The number of rotatable bonds is 0. The van der Waals surface area contributed by atoms with Crippen LogP contribution in [0.1, 0.15) is 44.2 Å². The molecule has 1 aromatic rings. The molecule has 104 valence electrons. The highest BCUT2D eigenvalue weighted by Crippen LogP contribution is 2.40. The lowest BCUT2D eigenvalue weighted by molar-refractivity contribution is -0.125. The molecule has 1 spiro atoms. The Kier molecular flexibility index (Phi) is 2.99. The maximum Gasteiger partial charge on any atom is 0.232 e. The minimum Gasteiger partial charge on any atom is -0.367 e. The summed E-state index contributed by atoms with van der Waals surface area (Å²) in [5.74, 6) is 1.11. The largest absolute Gasteiger partial charge is 0.367 e. The molecule has 1 aromatic heterocycles. The number of hydrogen-bond acceptors (Lipinski definition) is 3. The summed E-state index contributed by atoms with van der Waals surface area (Å²) >= 11 is 0. The molecule has 1 amide bonds. The number of carbonyl (C=O) groups excluding carboxylic acids is 1. The molecular weight excluding hydrogens is 240 g/mol. The Hall–Kier alpha value is -1.52. The molecule has 1 fully saturated rings. The number of aryl methyl sites for hydroxylation is 2. The lowest BCUT2D eigenvalue weighted by Gasteiger charge is -2.29. The van der Waals surface area contributed by atoms with Gasteiger partial charge in [0.15, 0.2) is 0 Å². The Morgan fingerprint density at radius 2 is 1.89 bits per heavy atom. The van der Waals surface area contributed by atoms with Gasteiger partial charge >= 0.3 is 0 Å². The molecule has 19 heavy (non-hydrogen) atoms. The molecule has 0 saturated heterocycles. The fourth-order valence-corrected chi connectivity index (χ4v) is 3.40. The van der Waals surface area contributed by atoms with Crippen LogP contribution in [0.25, 0.3) is 0 Å². The first-order valence-electron chi connectivity index (χ1n) is 7.21. The molecule has 0 unspecified atom stereocenters. The minimum atomic E-state index is -0.234. The normalized spacial score (nSPS) is 22.1. The van der Waals surface area contributed by atoms with Gasteiger partial charge in [-0.25, -0.2) is 0 Å². The van der Waals surface area contributed by atoms with Crippen LogP contribution in [0.3, 0.4) is 0 Å². The summed E-state index contributed by atoms with van der Waals surface area (Å²) in [6, 6.07) is 0. The van der Waals surface area contributed by atoms with E-state index in [-0.39, 0.29) is 11.3 Å². The van der Waals surface area contributed by atoms with E-state index in [0.717, 1.165) is 49.4 Å². The van der Waals surface area contributed by atoms with E-state index >= 15 is 0 Å². The predicted molar refractivity (Wildman–Crippen MR) is 75.2 cm³/mol. The third kappa shape index (κ3) is 2.01. The quantitative estimate of drug-likeness (QED) is 0.755. The second-order valence-electron chi connectivity index (χ2n) is 5.93. The molecule has 5 heteroatoms. The molecule has 0 bridgehead atoms. The van der Waals surface area contributed by atoms with Crippen LogP contribution in [0.2, 0.25) is 0 Å². The van der Waals surface area contributed by atoms with Crippen LogP contribution in [0.5, 0.6) is 0 Å². The van der Waals surface area contributed by atoms with E-state index in [4.69, 9.17) is 0 Å². The molecular formula is C14H22N4O. The van der Waals surface area contributed by atoms with Gasteiger partial charge in [0, 0.05) is 13.6 Å². The Morgan fingerprint density at radius 1 is 1.21 bits per heavy atom. The van der Waals surface area contributed by atoms with Gasteiger partial charge in [-0.15, -0.1) is 0 Å². The van der Waals surface area contributed by atoms with Crippen LogP contribution in [0.15, 0.2) is 0 Å². The summed E-state index contributed by atoms with van der Waals surface area (Å²) in [7, 11) is 1.91. The molecule has 2 heterocycles. The Bertz CT molecular complexity index is 498. The predicted octanol–water partition coefficient (Wildman–Crippen LogP) is 2.43. The summed E-state index contributed by atoms with van der Waals surface area (Å²) in [4.78, 5) is 12.7. The summed E-state index contributed by atoms with van der Waals surface area (Å²) in [6.45, 7) is 2.66. The summed E-state index contributed by atoms with van der Waals surface area (Å²) < 4.78 is 1.82. The van der Waals surface area contributed by atoms with E-state index in [9.17, 15) is 4.79 Å². The first-order chi connectivity index (χ1) is 9.12. The molecule has 3 rings (SSSR count). The van der Waals surface area contributed by atoms with E-state index in [1.54, 1.807) is 0 Å². The van der Waals surface area contributed by atoms with Crippen molar-refractivity contribution in [1.82, 2.24) is 9.78 Å². The van der Waals surface area contributed by atoms with E-state index in [2.05, 4.69) is 15.7 Å². The van der Waals surface area contributed by atoms with Crippen LogP contribution < -0.4 is 10.6 Å². The number of nitrogens with zero attached hydrogens (tertiary/aromatic N) is 2. The number of fused-ring (bicyclic) bond motifs is 1. The highest BCUT2D eigenvalue weighted by Gasteiger charge is 2.41. The number of carbonyl (C=O) groups is 1. The molecule has 0 radical (unpaired) electrons. The van der Waals surface area contributed by atoms with E-state index in [1.807, 2.05) is 18.7 Å². The van der Waals surface area contributed by atoms with Crippen LogP contribution >= 0.6 is 0 Å². The van der Waals surface area contributed by atoms with Gasteiger partial charge in [0.2, 0.25) is 5.91 Å². The lowest BCUT2D eigenvalue weighted by atomic mass is 9.79. The second kappa shape index (κ2) is 4.54. The smallest absolute Gasteiger partial charge is 0.232 e. The minimum absolute atomic E-state index is 0.178. The molecule has 2 N–H and O–H groups in total. The Labute approximate surface area is 113 Å². The van der Waals surface area contributed by atoms with Crippen molar-refractivity contribution < 1.29 is 4.79 Å². The summed E-state index contributed by atoms with van der Waals surface area (Å²) in [5.41, 5.74) is 1.50. The second-order valence-corrected chi connectivity index (χ2v) is 5.93. The lowest BCUT2D eigenvalue weighted by Crippen LogP contribution is -2.40. The average molecular weight is 262 g/mol. The average Bonchev–Trinajstić information content (AvgIpc) is 2.60. The number of anilines is 2. The number of hydrogen-bond donors (Lipinski definition) is 2. The van der Waals surface area contributed by atoms with Gasteiger partial charge in [-0.3, -0.25) is 9.48 Å². The zero-order chi connectivity index (χ0) is 13.5. The van der Waals surface area contributed by atoms with Crippen molar-refractivity contribution in [2.24, 2.45) is 12.5 Å². The maximum absolute atomic E-state index is 12.7. The maximum atomic E-state index is 12.7. The van der Waals surface area contributed by atoms with Crippen molar-refractivity contribution in [1.29, 1.82) is 0 Å². The fraction of sp³-hybridized carbons (Fsp3) is 0.714. The number of nitrogens with one attached hydrogen (secondary N) is 2. The first kappa shape index (κ1) is 12.5. The Balaban J connectivity index is 1.93. The van der Waals surface area contributed by atoms with Gasteiger partial charge in [0.05, 0.1) is 11.1 Å². The van der Waals surface area contributed by atoms with Crippen molar-refractivity contribution in [2.45, 2.75) is 45.4 Å². The Morgan fingerprint density at radius 3 is 2.58 bits per heavy atom. The summed E-state index contributed by atoms with van der Waals surface area (Å²) in [6.07, 6.45) is 6.80. The van der Waals surface area contributed by atoms with Crippen molar-refractivity contribution in [2.75, 3.05) is 17.2 Å². The molecule has 1 aliphatic carbocycles. The molecule has 2 aliphatic rings. The zero-order valence-corrected chi connectivity index (χ0v) is 11.8. The topological polar surface area (TPSA) is 59.0 Å². The zero-order valence-electron chi connectivity index (χ0n) is 11.8. The van der Waals surface area contributed by atoms with Crippen molar-refractivity contribution in [3.05, 3.63) is 5.69 Å². The fourth-order valence-electron chi connectivity index (χ4n) is 3.40. The molecule has 5 nitrogen and oxygen atoms in total. The van der Waals surface area contributed by atoms with Crippen molar-refractivity contribution >= 4 is 17.4 Å². The van der Waals surface area contributed by atoms with Gasteiger partial charge in [0.1, 0.15) is 11.5 Å². The van der Waals surface area contributed by atoms with Crippen LogP contribution in [-0.4, -0.2) is 22.2 Å². The van der Waals surface area contributed by atoms with Gasteiger partial charge in [0.25, 0.3) is 0 Å². The van der Waals surface area contributed by atoms with E-state index < -0.39 is 0 Å². The highest BCUT2D eigenvalue weighted by atomic mass is 16.2. The van der Waals surface area contributed by atoms with E-state index in [0.29, 0.717) is 0 Å². The molecule has 0 atom stereocenters. The molecule has 1 saturated carbocycles. The first-order valence-corrected chi connectivity index (χ1v) is 7.21. The standard InChI is InChI=1S/C14H22N4O/c1-10-11-12(18(2)17-10)15-9-14(13(19)16-11)7-5-3-4-6-8-14/h15H,3-9H2,1-2H3,(H,16,19). The SMILES string of the molecule is Cc1nn(C)c2c1NC(=O)C1(CCCCCC1)CN2.